The van der Waals surface area contributed by atoms with Crippen molar-refractivity contribution in [3.8, 4) is 0 Å². The first-order valence-corrected chi connectivity index (χ1v) is 10.7. The number of likely N-dealkylation sites (tertiary alicyclic amines) is 1. The highest BCUT2D eigenvalue weighted by Gasteiger charge is 2.29. The molecule has 1 atom stereocenters. The predicted octanol–water partition coefficient (Wildman–Crippen LogP) is 4.04. The molecule has 6 heteroatoms. The predicted molar refractivity (Wildman–Crippen MR) is 121 cm³/mol. The van der Waals surface area contributed by atoms with Crippen LogP contribution in [0.1, 0.15) is 39.9 Å². The van der Waals surface area contributed by atoms with E-state index in [0.29, 0.717) is 25.2 Å². The normalized spacial score (nSPS) is 16.2. The fourth-order valence-electron chi connectivity index (χ4n) is 4.24. The van der Waals surface area contributed by atoms with Gasteiger partial charge in [-0.15, -0.1) is 0 Å². The van der Waals surface area contributed by atoms with Crippen molar-refractivity contribution in [1.82, 2.24) is 14.7 Å². The van der Waals surface area contributed by atoms with Crippen LogP contribution < -0.4 is 5.32 Å². The van der Waals surface area contributed by atoms with E-state index in [9.17, 15) is 9.59 Å². The maximum Gasteiger partial charge on any atom is 0.253 e. The second-order valence-corrected chi connectivity index (χ2v) is 8.32. The quantitative estimate of drug-likeness (QED) is 0.683. The number of para-hydroxylation sites is 1. The number of piperidine rings is 1. The van der Waals surface area contributed by atoms with Crippen LogP contribution in [-0.4, -0.2) is 39.6 Å². The summed E-state index contributed by atoms with van der Waals surface area (Å²) < 4.78 is 1.83. The molecule has 0 spiro atoms. The van der Waals surface area contributed by atoms with E-state index in [-0.39, 0.29) is 17.7 Å². The molecule has 4 rings (SSSR count). The second kappa shape index (κ2) is 9.16. The lowest BCUT2D eigenvalue weighted by Gasteiger charge is -2.32. The average Bonchev–Trinajstić information content (AvgIpc) is 3.27. The standard InChI is InChI=1S/C25H28N4O2/c1-18-13-19(2)15-22(14-18)25(31)28-11-5-8-21(16-28)24(30)27-23-9-4-3-7-20(23)17-29-12-6-10-26-29/h3-4,6-7,9-10,12-15,21H,5,8,11,16-17H2,1-2H3,(H,27,30). The number of amides is 2. The minimum absolute atomic E-state index is 0.00313. The highest BCUT2D eigenvalue weighted by atomic mass is 16.2. The highest BCUT2D eigenvalue weighted by molar-refractivity contribution is 5.96. The van der Waals surface area contributed by atoms with Crippen LogP contribution in [0.4, 0.5) is 5.69 Å². The molecule has 0 bridgehead atoms. The monoisotopic (exact) mass is 416 g/mol. The van der Waals surface area contributed by atoms with Gasteiger partial charge in [-0.25, -0.2) is 0 Å². The molecule has 1 N–H and O–H groups in total. The Morgan fingerprint density at radius 2 is 1.87 bits per heavy atom. The third-order valence-corrected chi connectivity index (χ3v) is 5.71. The summed E-state index contributed by atoms with van der Waals surface area (Å²) in [6, 6.07) is 15.6. The lowest BCUT2D eigenvalue weighted by atomic mass is 9.95. The molecule has 0 radical (unpaired) electrons. The summed E-state index contributed by atoms with van der Waals surface area (Å²) in [7, 11) is 0. The maximum absolute atomic E-state index is 13.1. The number of carbonyl (C=O) groups is 2. The number of aromatic nitrogens is 2. The molecule has 1 aromatic heterocycles. The summed E-state index contributed by atoms with van der Waals surface area (Å²) in [6.45, 7) is 5.71. The molecule has 1 aliphatic heterocycles. The molecule has 2 amide bonds. The third-order valence-electron chi connectivity index (χ3n) is 5.71. The molecule has 2 heterocycles. The molecule has 1 aliphatic rings. The Hall–Kier alpha value is -3.41. The largest absolute Gasteiger partial charge is 0.338 e. The van der Waals surface area contributed by atoms with E-state index >= 15 is 0 Å². The van der Waals surface area contributed by atoms with Crippen molar-refractivity contribution < 1.29 is 9.59 Å². The fourth-order valence-corrected chi connectivity index (χ4v) is 4.24. The Bertz CT molecular complexity index is 1050. The number of nitrogens with zero attached hydrogens (tertiary/aromatic N) is 3. The zero-order valence-electron chi connectivity index (χ0n) is 18.0. The smallest absolute Gasteiger partial charge is 0.253 e. The molecule has 1 fully saturated rings. The number of hydrogen-bond acceptors (Lipinski definition) is 3. The lowest BCUT2D eigenvalue weighted by Crippen LogP contribution is -2.43. The zero-order valence-corrected chi connectivity index (χ0v) is 18.0. The minimum atomic E-state index is -0.221. The SMILES string of the molecule is Cc1cc(C)cc(C(=O)N2CCCC(C(=O)Nc3ccccc3Cn3cccn3)C2)c1. The van der Waals surface area contributed by atoms with E-state index in [2.05, 4.69) is 16.5 Å². The number of aryl methyl sites for hydroxylation is 2. The molecule has 1 unspecified atom stereocenters. The van der Waals surface area contributed by atoms with Crippen molar-refractivity contribution in [1.29, 1.82) is 0 Å². The summed E-state index contributed by atoms with van der Waals surface area (Å²) in [5, 5.41) is 7.34. The van der Waals surface area contributed by atoms with Gasteiger partial charge in [0.15, 0.2) is 0 Å². The molecule has 0 saturated carbocycles. The Morgan fingerprint density at radius 3 is 2.61 bits per heavy atom. The van der Waals surface area contributed by atoms with Gasteiger partial charge in [-0.3, -0.25) is 14.3 Å². The van der Waals surface area contributed by atoms with Crippen molar-refractivity contribution in [3.05, 3.63) is 83.2 Å². The van der Waals surface area contributed by atoms with E-state index in [1.54, 1.807) is 6.20 Å². The number of anilines is 1. The molecule has 1 saturated heterocycles. The first kappa shape index (κ1) is 20.8. The van der Waals surface area contributed by atoms with Crippen LogP contribution in [-0.2, 0) is 11.3 Å². The third kappa shape index (κ3) is 5.02. The van der Waals surface area contributed by atoms with Crippen LogP contribution in [0.2, 0.25) is 0 Å². The van der Waals surface area contributed by atoms with Crippen LogP contribution >= 0.6 is 0 Å². The summed E-state index contributed by atoms with van der Waals surface area (Å²) in [4.78, 5) is 27.9. The van der Waals surface area contributed by atoms with E-state index in [1.165, 1.54) is 0 Å². The van der Waals surface area contributed by atoms with Crippen LogP contribution in [0, 0.1) is 19.8 Å². The van der Waals surface area contributed by atoms with Gasteiger partial charge >= 0.3 is 0 Å². The Balaban J connectivity index is 1.44. The Morgan fingerprint density at radius 1 is 1.10 bits per heavy atom. The summed E-state index contributed by atoms with van der Waals surface area (Å²) in [6.07, 6.45) is 5.24. The topological polar surface area (TPSA) is 67.2 Å². The van der Waals surface area contributed by atoms with Gasteiger partial charge < -0.3 is 10.2 Å². The maximum atomic E-state index is 13.1. The van der Waals surface area contributed by atoms with Crippen molar-refractivity contribution in [3.63, 3.8) is 0 Å². The molecule has 3 aromatic rings. The van der Waals surface area contributed by atoms with Gasteiger partial charge in [-0.05, 0) is 56.5 Å². The number of hydrogen-bond donors (Lipinski definition) is 1. The van der Waals surface area contributed by atoms with Crippen molar-refractivity contribution in [2.24, 2.45) is 5.92 Å². The summed E-state index contributed by atoms with van der Waals surface area (Å²) >= 11 is 0. The van der Waals surface area contributed by atoms with Crippen LogP contribution in [0.3, 0.4) is 0 Å². The van der Waals surface area contributed by atoms with E-state index < -0.39 is 0 Å². The first-order chi connectivity index (χ1) is 15.0. The van der Waals surface area contributed by atoms with E-state index in [1.807, 2.05) is 72.1 Å². The van der Waals surface area contributed by atoms with Gasteiger partial charge in [0.2, 0.25) is 5.91 Å². The molecular weight excluding hydrogens is 388 g/mol. The molecule has 6 nitrogen and oxygen atoms in total. The lowest BCUT2D eigenvalue weighted by molar-refractivity contribution is -0.121. The van der Waals surface area contributed by atoms with Gasteiger partial charge in [-0.2, -0.15) is 5.10 Å². The van der Waals surface area contributed by atoms with E-state index in [0.717, 1.165) is 35.2 Å². The van der Waals surface area contributed by atoms with Crippen molar-refractivity contribution in [2.75, 3.05) is 18.4 Å². The van der Waals surface area contributed by atoms with Gasteiger partial charge in [0.05, 0.1) is 12.5 Å². The summed E-state index contributed by atoms with van der Waals surface area (Å²) in [5.74, 6) is -0.254. The van der Waals surface area contributed by atoms with Gasteiger partial charge in [0.1, 0.15) is 0 Å². The van der Waals surface area contributed by atoms with Gasteiger partial charge in [0.25, 0.3) is 5.91 Å². The van der Waals surface area contributed by atoms with Crippen LogP contribution in [0.25, 0.3) is 0 Å². The molecule has 0 aliphatic carbocycles. The number of benzene rings is 2. The number of carbonyl (C=O) groups excluding carboxylic acids is 2. The average molecular weight is 417 g/mol. The van der Waals surface area contributed by atoms with Gasteiger partial charge in [0, 0.05) is 36.7 Å². The van der Waals surface area contributed by atoms with Crippen molar-refractivity contribution >= 4 is 17.5 Å². The summed E-state index contributed by atoms with van der Waals surface area (Å²) in [5.41, 5.74) is 4.63. The van der Waals surface area contributed by atoms with Crippen LogP contribution in [0.5, 0.6) is 0 Å². The fraction of sp³-hybridized carbons (Fsp3) is 0.320. The number of rotatable bonds is 5. The highest BCUT2D eigenvalue weighted by Crippen LogP contribution is 2.23. The molecule has 31 heavy (non-hydrogen) atoms. The molecule has 2 aromatic carbocycles. The first-order valence-electron chi connectivity index (χ1n) is 10.7. The van der Waals surface area contributed by atoms with Crippen molar-refractivity contribution in [2.45, 2.75) is 33.2 Å². The second-order valence-electron chi connectivity index (χ2n) is 8.32. The van der Waals surface area contributed by atoms with Gasteiger partial charge in [-0.1, -0.05) is 35.4 Å². The number of nitrogens with one attached hydrogen (secondary N) is 1. The van der Waals surface area contributed by atoms with Crippen LogP contribution in [0.15, 0.2) is 60.9 Å². The van der Waals surface area contributed by atoms with E-state index in [4.69, 9.17) is 0 Å². The molecular formula is C25H28N4O2. The Kier molecular flexibility index (Phi) is 6.16. The zero-order chi connectivity index (χ0) is 21.8. The Labute approximate surface area is 182 Å². The minimum Gasteiger partial charge on any atom is -0.338 e. The molecule has 160 valence electrons.